The monoisotopic (exact) mass is 271 g/mol. The minimum atomic E-state index is -0.528. The van der Waals surface area contributed by atoms with Gasteiger partial charge in [-0.05, 0) is 26.2 Å². The number of hydrogen-bond acceptors (Lipinski definition) is 6. The van der Waals surface area contributed by atoms with E-state index in [-0.39, 0.29) is 24.2 Å². The van der Waals surface area contributed by atoms with Crippen molar-refractivity contribution in [2.75, 3.05) is 11.2 Å². The molecule has 1 aromatic rings. The van der Waals surface area contributed by atoms with E-state index in [4.69, 9.17) is 16.7 Å². The van der Waals surface area contributed by atoms with Gasteiger partial charge < -0.3 is 16.3 Å². The molecular weight excluding hydrogens is 250 g/mol. The summed E-state index contributed by atoms with van der Waals surface area (Å²) in [6.07, 6.45) is 1.59. The van der Waals surface area contributed by atoms with Gasteiger partial charge in [0.2, 0.25) is 0 Å². The Kier molecular flexibility index (Phi) is 5.13. The number of nitrogen functional groups attached to an aromatic ring is 2. The van der Waals surface area contributed by atoms with Gasteiger partial charge in [0, 0.05) is 13.6 Å². The first-order valence-corrected chi connectivity index (χ1v) is 6.14. The van der Waals surface area contributed by atoms with E-state index in [1.807, 2.05) is 0 Å². The van der Waals surface area contributed by atoms with Crippen molar-refractivity contribution in [2.24, 2.45) is 12.9 Å². The average molecular weight is 271 g/mol. The Morgan fingerprint density at radius 3 is 2.53 bits per heavy atom. The normalized spacial score (nSPS) is 12.4. The van der Waals surface area contributed by atoms with E-state index in [1.165, 1.54) is 11.6 Å². The quantitative estimate of drug-likeness (QED) is 0.297. The zero-order valence-electron chi connectivity index (χ0n) is 11.2. The van der Waals surface area contributed by atoms with Crippen LogP contribution < -0.4 is 28.3 Å². The van der Waals surface area contributed by atoms with Gasteiger partial charge in [-0.15, -0.1) is 0 Å². The maximum atomic E-state index is 12.0. The van der Waals surface area contributed by atoms with Gasteiger partial charge in [-0.25, -0.2) is 4.79 Å². The zero-order chi connectivity index (χ0) is 14.6. The zero-order valence-corrected chi connectivity index (χ0v) is 11.2. The lowest BCUT2D eigenvalue weighted by Gasteiger charge is -2.13. The minimum absolute atomic E-state index is 0.0117. The van der Waals surface area contributed by atoms with E-state index in [1.54, 1.807) is 6.92 Å². The number of hydrazine groups is 1. The summed E-state index contributed by atoms with van der Waals surface area (Å²) in [5, 5.41) is 9.14. The van der Waals surface area contributed by atoms with Crippen LogP contribution in [0.5, 0.6) is 0 Å². The molecule has 1 atom stereocenters. The van der Waals surface area contributed by atoms with Gasteiger partial charge in [-0.2, -0.15) is 0 Å². The van der Waals surface area contributed by atoms with E-state index in [0.717, 1.165) is 11.0 Å². The number of nitrogens with zero attached hydrogens (tertiary/aromatic N) is 2. The van der Waals surface area contributed by atoms with Crippen LogP contribution in [-0.4, -0.2) is 20.3 Å². The first kappa shape index (κ1) is 15.3. The number of aromatic nitrogens is 2. The second-order valence-electron chi connectivity index (χ2n) is 4.55. The third-order valence-electron chi connectivity index (χ3n) is 2.99. The first-order chi connectivity index (χ1) is 8.90. The molecular formula is C11H21N5O3. The predicted molar refractivity (Wildman–Crippen MR) is 73.7 cm³/mol. The van der Waals surface area contributed by atoms with Crippen molar-refractivity contribution in [1.82, 2.24) is 9.13 Å². The van der Waals surface area contributed by atoms with Crippen LogP contribution in [0.4, 0.5) is 11.5 Å². The molecule has 0 aliphatic carbocycles. The van der Waals surface area contributed by atoms with E-state index < -0.39 is 11.2 Å². The van der Waals surface area contributed by atoms with Crippen LogP contribution in [0, 0.1) is 0 Å². The van der Waals surface area contributed by atoms with Crippen molar-refractivity contribution < 1.29 is 5.11 Å². The Labute approximate surface area is 110 Å². The fourth-order valence-corrected chi connectivity index (χ4v) is 1.83. The van der Waals surface area contributed by atoms with Crippen LogP contribution in [-0.2, 0) is 13.6 Å². The molecule has 0 fully saturated rings. The van der Waals surface area contributed by atoms with Crippen LogP contribution in [0.1, 0.15) is 26.2 Å². The Morgan fingerprint density at radius 1 is 1.37 bits per heavy atom. The van der Waals surface area contributed by atoms with Gasteiger partial charge in [-0.1, -0.05) is 0 Å². The van der Waals surface area contributed by atoms with Crippen molar-refractivity contribution in [2.45, 2.75) is 38.8 Å². The van der Waals surface area contributed by atoms with Crippen LogP contribution in [0.15, 0.2) is 9.59 Å². The SMILES string of the molecule is CC(O)CCCCn1c(=O)c(NN)c(N)n(C)c1=O. The molecule has 1 aromatic heterocycles. The lowest BCUT2D eigenvalue weighted by Crippen LogP contribution is -2.42. The molecule has 0 saturated carbocycles. The lowest BCUT2D eigenvalue weighted by molar-refractivity contribution is 0.180. The summed E-state index contributed by atoms with van der Waals surface area (Å²) in [5.74, 6) is 5.25. The fourth-order valence-electron chi connectivity index (χ4n) is 1.83. The molecule has 1 rings (SSSR count). The second-order valence-corrected chi connectivity index (χ2v) is 4.55. The highest BCUT2D eigenvalue weighted by molar-refractivity contribution is 5.59. The van der Waals surface area contributed by atoms with E-state index in [0.29, 0.717) is 12.8 Å². The number of rotatable bonds is 6. The molecule has 0 aromatic carbocycles. The molecule has 8 nitrogen and oxygen atoms in total. The highest BCUT2D eigenvalue weighted by Gasteiger charge is 2.13. The van der Waals surface area contributed by atoms with Crippen molar-refractivity contribution in [1.29, 1.82) is 0 Å². The van der Waals surface area contributed by atoms with Gasteiger partial charge in [0.15, 0.2) is 5.69 Å². The van der Waals surface area contributed by atoms with E-state index >= 15 is 0 Å². The molecule has 1 heterocycles. The molecule has 0 saturated heterocycles. The first-order valence-electron chi connectivity index (χ1n) is 6.14. The van der Waals surface area contributed by atoms with Crippen molar-refractivity contribution in [3.8, 4) is 0 Å². The van der Waals surface area contributed by atoms with Crippen LogP contribution in [0.3, 0.4) is 0 Å². The molecule has 0 bridgehead atoms. The van der Waals surface area contributed by atoms with Gasteiger partial charge in [0.25, 0.3) is 5.56 Å². The van der Waals surface area contributed by atoms with E-state index in [9.17, 15) is 9.59 Å². The summed E-state index contributed by atoms with van der Waals surface area (Å²) < 4.78 is 2.26. The molecule has 0 amide bonds. The Morgan fingerprint density at radius 2 is 2.00 bits per heavy atom. The van der Waals surface area contributed by atoms with E-state index in [2.05, 4.69) is 5.43 Å². The largest absolute Gasteiger partial charge is 0.393 e. The van der Waals surface area contributed by atoms with Crippen LogP contribution >= 0.6 is 0 Å². The Balaban J connectivity index is 2.98. The summed E-state index contributed by atoms with van der Waals surface area (Å²) >= 11 is 0. The highest BCUT2D eigenvalue weighted by Crippen LogP contribution is 2.07. The molecule has 0 aliphatic heterocycles. The van der Waals surface area contributed by atoms with Crippen molar-refractivity contribution >= 4 is 11.5 Å². The Bertz CT molecular complexity index is 546. The number of unbranched alkanes of at least 4 members (excludes halogenated alkanes) is 1. The maximum Gasteiger partial charge on any atom is 0.332 e. The number of anilines is 2. The molecule has 6 N–H and O–H groups in total. The third-order valence-corrected chi connectivity index (χ3v) is 2.99. The summed E-state index contributed by atoms with van der Waals surface area (Å²) in [7, 11) is 1.48. The fraction of sp³-hybridized carbons (Fsp3) is 0.636. The number of nitrogens with two attached hydrogens (primary N) is 2. The molecule has 0 aliphatic rings. The number of aliphatic hydroxyl groups is 1. The smallest absolute Gasteiger partial charge is 0.332 e. The summed E-state index contributed by atoms with van der Waals surface area (Å²) in [6.45, 7) is 1.97. The molecule has 19 heavy (non-hydrogen) atoms. The lowest BCUT2D eigenvalue weighted by atomic mass is 10.2. The average Bonchev–Trinajstić information content (AvgIpc) is 2.35. The predicted octanol–water partition coefficient (Wildman–Crippen LogP) is -1.03. The minimum Gasteiger partial charge on any atom is -0.393 e. The molecule has 0 radical (unpaired) electrons. The summed E-state index contributed by atoms with van der Waals surface area (Å²) in [6, 6.07) is 0. The highest BCUT2D eigenvalue weighted by atomic mass is 16.3. The van der Waals surface area contributed by atoms with Gasteiger partial charge >= 0.3 is 5.69 Å². The summed E-state index contributed by atoms with van der Waals surface area (Å²) in [4.78, 5) is 23.9. The molecule has 0 spiro atoms. The second kappa shape index (κ2) is 6.39. The standard InChI is InChI=1S/C11H21N5O3/c1-7(17)5-3-4-6-16-10(18)8(14-13)9(12)15(2)11(16)19/h7,14,17H,3-6,12-13H2,1-2H3. The Hall–Kier alpha value is -1.80. The number of aliphatic hydroxyl groups excluding tert-OH is 1. The third kappa shape index (κ3) is 3.36. The molecule has 108 valence electrons. The van der Waals surface area contributed by atoms with Crippen LogP contribution in [0.25, 0.3) is 0 Å². The molecule has 8 heteroatoms. The van der Waals surface area contributed by atoms with Gasteiger partial charge in [0.05, 0.1) is 6.10 Å². The van der Waals surface area contributed by atoms with Crippen LogP contribution in [0.2, 0.25) is 0 Å². The van der Waals surface area contributed by atoms with Gasteiger partial charge in [0.1, 0.15) is 5.82 Å². The summed E-state index contributed by atoms with van der Waals surface area (Å²) in [5.41, 5.74) is 6.87. The number of hydrogen-bond donors (Lipinski definition) is 4. The van der Waals surface area contributed by atoms with Crippen molar-refractivity contribution in [3.05, 3.63) is 20.8 Å². The van der Waals surface area contributed by atoms with Crippen molar-refractivity contribution in [3.63, 3.8) is 0 Å². The maximum absolute atomic E-state index is 12.0. The number of nitrogens with one attached hydrogen (secondary N) is 1. The molecule has 1 unspecified atom stereocenters. The topological polar surface area (TPSA) is 128 Å². The van der Waals surface area contributed by atoms with Gasteiger partial charge in [-0.3, -0.25) is 19.8 Å².